The molecule has 1 aliphatic rings. The van der Waals surface area contributed by atoms with E-state index in [1.807, 2.05) is 6.07 Å². The van der Waals surface area contributed by atoms with Gasteiger partial charge in [-0.1, -0.05) is 25.8 Å². The summed E-state index contributed by atoms with van der Waals surface area (Å²) in [6.07, 6.45) is 3.11. The minimum atomic E-state index is -0.425. The highest BCUT2D eigenvalue weighted by Crippen LogP contribution is 2.29. The predicted molar refractivity (Wildman–Crippen MR) is 71.8 cm³/mol. The van der Waals surface area contributed by atoms with E-state index >= 15 is 0 Å². The van der Waals surface area contributed by atoms with Gasteiger partial charge in [0.15, 0.2) is 6.29 Å². The van der Waals surface area contributed by atoms with E-state index in [2.05, 4.69) is 22.9 Å². The van der Waals surface area contributed by atoms with E-state index in [0.717, 1.165) is 12.0 Å². The molecule has 0 atom stereocenters. The fourth-order valence-corrected chi connectivity index (χ4v) is 2.30. The summed E-state index contributed by atoms with van der Waals surface area (Å²) in [5.74, 6) is 0.189. The lowest BCUT2D eigenvalue weighted by molar-refractivity contribution is -0.206. The maximum absolute atomic E-state index is 13.4. The molecule has 1 aromatic carbocycles. The highest BCUT2D eigenvalue weighted by atomic mass is 79.9. The van der Waals surface area contributed by atoms with E-state index in [0.29, 0.717) is 23.6 Å². The molecule has 0 bridgehead atoms. The summed E-state index contributed by atoms with van der Waals surface area (Å²) in [5.41, 5.74) is 0.740. The van der Waals surface area contributed by atoms with E-state index in [1.165, 1.54) is 18.9 Å². The van der Waals surface area contributed by atoms with Crippen LogP contribution in [-0.4, -0.2) is 13.2 Å². The van der Waals surface area contributed by atoms with Gasteiger partial charge in [-0.3, -0.25) is 0 Å². The third-order valence-corrected chi connectivity index (χ3v) is 3.79. The molecule has 18 heavy (non-hydrogen) atoms. The molecular weight excluding hydrogens is 299 g/mol. The van der Waals surface area contributed by atoms with Crippen molar-refractivity contribution in [3.8, 4) is 0 Å². The molecule has 0 N–H and O–H groups in total. The van der Waals surface area contributed by atoms with Crippen molar-refractivity contribution < 1.29 is 13.9 Å². The number of hydrogen-bond donors (Lipinski definition) is 0. The molecule has 0 radical (unpaired) electrons. The van der Waals surface area contributed by atoms with Crippen molar-refractivity contribution in [3.63, 3.8) is 0 Å². The van der Waals surface area contributed by atoms with Crippen LogP contribution in [0.4, 0.5) is 4.39 Å². The average Bonchev–Trinajstić information content (AvgIpc) is 2.40. The SMILES string of the molecule is CCCCC1COC(c2ccc(Br)c(F)c2)OC1. The van der Waals surface area contributed by atoms with Crippen molar-refractivity contribution in [1.29, 1.82) is 0 Å². The monoisotopic (exact) mass is 316 g/mol. The average molecular weight is 317 g/mol. The van der Waals surface area contributed by atoms with Gasteiger partial charge in [0, 0.05) is 11.5 Å². The van der Waals surface area contributed by atoms with Crippen LogP contribution in [-0.2, 0) is 9.47 Å². The van der Waals surface area contributed by atoms with Crippen molar-refractivity contribution >= 4 is 15.9 Å². The maximum atomic E-state index is 13.4. The Hall–Kier alpha value is -0.450. The predicted octanol–water partition coefficient (Wildman–Crippen LogP) is 4.44. The fourth-order valence-electron chi connectivity index (χ4n) is 2.05. The Labute approximate surface area is 116 Å². The summed E-state index contributed by atoms with van der Waals surface area (Å²) >= 11 is 3.13. The van der Waals surface area contributed by atoms with Gasteiger partial charge < -0.3 is 9.47 Å². The summed E-state index contributed by atoms with van der Waals surface area (Å²) in [5, 5.41) is 0. The van der Waals surface area contributed by atoms with Crippen molar-refractivity contribution in [2.75, 3.05) is 13.2 Å². The van der Waals surface area contributed by atoms with Gasteiger partial charge in [-0.15, -0.1) is 0 Å². The van der Waals surface area contributed by atoms with Gasteiger partial charge in [-0.05, 0) is 34.5 Å². The zero-order valence-corrected chi connectivity index (χ0v) is 12.1. The number of halogens is 2. The lowest BCUT2D eigenvalue weighted by Gasteiger charge is -2.29. The summed E-state index contributed by atoms with van der Waals surface area (Å²) < 4.78 is 25.2. The zero-order valence-electron chi connectivity index (χ0n) is 10.5. The van der Waals surface area contributed by atoms with Crippen LogP contribution in [0, 0.1) is 11.7 Å². The molecule has 0 aromatic heterocycles. The van der Waals surface area contributed by atoms with E-state index in [1.54, 1.807) is 6.07 Å². The van der Waals surface area contributed by atoms with Gasteiger partial charge >= 0.3 is 0 Å². The summed E-state index contributed by atoms with van der Waals surface area (Å²) in [6, 6.07) is 4.96. The van der Waals surface area contributed by atoms with Crippen LogP contribution in [0.25, 0.3) is 0 Å². The summed E-state index contributed by atoms with van der Waals surface area (Å²) in [4.78, 5) is 0. The van der Waals surface area contributed by atoms with Crippen LogP contribution in [0.5, 0.6) is 0 Å². The molecule has 1 saturated heterocycles. The standard InChI is InChI=1S/C14H18BrFO2/c1-2-3-4-10-8-17-14(18-9-10)11-5-6-12(15)13(16)7-11/h5-7,10,14H,2-4,8-9H2,1H3. The van der Waals surface area contributed by atoms with E-state index in [-0.39, 0.29) is 5.82 Å². The lowest BCUT2D eigenvalue weighted by Crippen LogP contribution is -2.27. The molecular formula is C14H18BrFO2. The van der Waals surface area contributed by atoms with Crippen molar-refractivity contribution in [3.05, 3.63) is 34.1 Å². The molecule has 0 saturated carbocycles. The van der Waals surface area contributed by atoms with Crippen molar-refractivity contribution in [2.45, 2.75) is 32.5 Å². The zero-order chi connectivity index (χ0) is 13.0. The Balaban J connectivity index is 1.90. The Bertz CT molecular complexity index is 389. The lowest BCUT2D eigenvalue weighted by atomic mass is 10.0. The minimum Gasteiger partial charge on any atom is -0.348 e. The third-order valence-electron chi connectivity index (χ3n) is 3.15. The summed E-state index contributed by atoms with van der Waals surface area (Å²) in [7, 11) is 0. The first-order valence-electron chi connectivity index (χ1n) is 6.39. The van der Waals surface area contributed by atoms with E-state index < -0.39 is 6.29 Å². The molecule has 1 aliphatic heterocycles. The van der Waals surface area contributed by atoms with Gasteiger partial charge in [0.25, 0.3) is 0 Å². The quantitative estimate of drug-likeness (QED) is 0.817. The van der Waals surface area contributed by atoms with Crippen LogP contribution in [0.15, 0.2) is 22.7 Å². The molecule has 1 fully saturated rings. The highest BCUT2D eigenvalue weighted by Gasteiger charge is 2.23. The second-order valence-corrected chi connectivity index (χ2v) is 5.53. The Morgan fingerprint density at radius 3 is 2.67 bits per heavy atom. The maximum Gasteiger partial charge on any atom is 0.183 e. The summed E-state index contributed by atoms with van der Waals surface area (Å²) in [6.45, 7) is 3.57. The van der Waals surface area contributed by atoms with Gasteiger partial charge in [-0.25, -0.2) is 4.39 Å². The largest absolute Gasteiger partial charge is 0.348 e. The first kappa shape index (κ1) is 14.0. The van der Waals surface area contributed by atoms with Crippen LogP contribution < -0.4 is 0 Å². The molecule has 2 nitrogen and oxygen atoms in total. The first-order valence-corrected chi connectivity index (χ1v) is 7.18. The van der Waals surface area contributed by atoms with Crippen LogP contribution in [0.1, 0.15) is 38.0 Å². The van der Waals surface area contributed by atoms with Gasteiger partial charge in [0.1, 0.15) is 5.82 Å². The third kappa shape index (κ3) is 3.53. The number of unbranched alkanes of at least 4 members (excludes halogenated alkanes) is 1. The van der Waals surface area contributed by atoms with Crippen molar-refractivity contribution in [1.82, 2.24) is 0 Å². The van der Waals surface area contributed by atoms with Crippen LogP contribution >= 0.6 is 15.9 Å². The number of benzene rings is 1. The molecule has 4 heteroatoms. The van der Waals surface area contributed by atoms with Gasteiger partial charge in [0.2, 0.25) is 0 Å². The number of hydrogen-bond acceptors (Lipinski definition) is 2. The Morgan fingerprint density at radius 2 is 2.06 bits per heavy atom. The minimum absolute atomic E-state index is 0.284. The van der Waals surface area contributed by atoms with Gasteiger partial charge in [-0.2, -0.15) is 0 Å². The first-order chi connectivity index (χ1) is 8.70. The molecule has 1 heterocycles. The molecule has 0 amide bonds. The van der Waals surface area contributed by atoms with Crippen molar-refractivity contribution in [2.24, 2.45) is 5.92 Å². The highest BCUT2D eigenvalue weighted by molar-refractivity contribution is 9.10. The molecule has 0 aliphatic carbocycles. The van der Waals surface area contributed by atoms with E-state index in [9.17, 15) is 4.39 Å². The smallest absolute Gasteiger partial charge is 0.183 e. The van der Waals surface area contributed by atoms with E-state index in [4.69, 9.17) is 9.47 Å². The second kappa shape index (κ2) is 6.64. The molecule has 0 spiro atoms. The molecule has 100 valence electrons. The number of ether oxygens (including phenoxy) is 2. The second-order valence-electron chi connectivity index (χ2n) is 4.68. The Morgan fingerprint density at radius 1 is 1.33 bits per heavy atom. The number of rotatable bonds is 4. The molecule has 0 unspecified atom stereocenters. The topological polar surface area (TPSA) is 18.5 Å². The van der Waals surface area contributed by atoms with Crippen LogP contribution in [0.3, 0.4) is 0 Å². The molecule has 2 rings (SSSR count). The van der Waals surface area contributed by atoms with Gasteiger partial charge in [0.05, 0.1) is 17.7 Å². The normalized spacial score (nSPS) is 24.2. The molecule has 1 aromatic rings. The fraction of sp³-hybridized carbons (Fsp3) is 0.571. The Kier molecular flexibility index (Phi) is 5.15. The van der Waals surface area contributed by atoms with Crippen LogP contribution in [0.2, 0.25) is 0 Å².